The standard InChI is InChI=1S/C27H37ClN2O2/c1-19(25(32)29-27(5,6)7)30(18-21-10-15-23(28)16-11-21)24(31)17-12-20-8-13-22(14-9-20)26(2,3)4/h8-11,13-16,19H,12,17-18H2,1-7H3,(H,29,32). The van der Waals surface area contributed by atoms with Gasteiger partial charge in [0.1, 0.15) is 6.04 Å². The van der Waals surface area contributed by atoms with Crippen LogP contribution < -0.4 is 5.32 Å². The van der Waals surface area contributed by atoms with E-state index >= 15 is 0 Å². The number of nitrogens with zero attached hydrogens (tertiary/aromatic N) is 1. The fourth-order valence-electron chi connectivity index (χ4n) is 3.41. The van der Waals surface area contributed by atoms with Gasteiger partial charge in [0.15, 0.2) is 0 Å². The van der Waals surface area contributed by atoms with E-state index < -0.39 is 6.04 Å². The summed E-state index contributed by atoms with van der Waals surface area (Å²) >= 11 is 6.01. The van der Waals surface area contributed by atoms with Crippen molar-refractivity contribution in [1.82, 2.24) is 10.2 Å². The zero-order valence-corrected chi connectivity index (χ0v) is 21.2. The van der Waals surface area contributed by atoms with Crippen LogP contribution in [0.3, 0.4) is 0 Å². The molecule has 5 heteroatoms. The Hall–Kier alpha value is -2.33. The van der Waals surface area contributed by atoms with Gasteiger partial charge in [-0.15, -0.1) is 0 Å². The molecule has 0 aliphatic heterocycles. The van der Waals surface area contributed by atoms with E-state index in [0.717, 1.165) is 11.1 Å². The Kier molecular flexibility index (Phi) is 8.53. The zero-order chi connectivity index (χ0) is 24.1. The molecule has 0 aliphatic rings. The number of nitrogens with one attached hydrogen (secondary N) is 1. The molecule has 0 heterocycles. The highest BCUT2D eigenvalue weighted by Gasteiger charge is 2.28. The maximum atomic E-state index is 13.2. The van der Waals surface area contributed by atoms with Gasteiger partial charge in [-0.1, -0.05) is 68.8 Å². The zero-order valence-electron chi connectivity index (χ0n) is 20.5. The van der Waals surface area contributed by atoms with Crippen LogP contribution in [0.15, 0.2) is 48.5 Å². The van der Waals surface area contributed by atoms with Gasteiger partial charge in [-0.05, 0) is 68.4 Å². The third-order valence-corrected chi connectivity index (χ3v) is 5.63. The third kappa shape index (κ3) is 7.98. The number of carbonyl (C=O) groups excluding carboxylic acids is 2. The highest BCUT2D eigenvalue weighted by Crippen LogP contribution is 2.23. The quantitative estimate of drug-likeness (QED) is 0.563. The summed E-state index contributed by atoms with van der Waals surface area (Å²) < 4.78 is 0. The number of hydrogen-bond acceptors (Lipinski definition) is 2. The van der Waals surface area contributed by atoms with E-state index in [4.69, 9.17) is 11.6 Å². The third-order valence-electron chi connectivity index (χ3n) is 5.38. The van der Waals surface area contributed by atoms with E-state index in [1.165, 1.54) is 5.56 Å². The molecular formula is C27H37ClN2O2. The lowest BCUT2D eigenvalue weighted by atomic mass is 9.86. The summed E-state index contributed by atoms with van der Waals surface area (Å²) in [6.45, 7) is 14.5. The molecule has 0 aliphatic carbocycles. The number of amides is 2. The fraction of sp³-hybridized carbons (Fsp3) is 0.481. The van der Waals surface area contributed by atoms with E-state index in [1.54, 1.807) is 24.0 Å². The number of hydrogen-bond donors (Lipinski definition) is 1. The molecule has 174 valence electrons. The Bertz CT molecular complexity index is 907. The largest absolute Gasteiger partial charge is 0.350 e. The molecule has 0 saturated carbocycles. The van der Waals surface area contributed by atoms with Crippen molar-refractivity contribution in [2.45, 2.75) is 84.8 Å². The number of benzene rings is 2. The van der Waals surface area contributed by atoms with Crippen LogP contribution >= 0.6 is 11.6 Å². The number of aryl methyl sites for hydroxylation is 1. The summed E-state index contributed by atoms with van der Waals surface area (Å²) in [6, 6.07) is 15.2. The monoisotopic (exact) mass is 456 g/mol. The molecule has 0 saturated heterocycles. The highest BCUT2D eigenvalue weighted by atomic mass is 35.5. The second-order valence-electron chi connectivity index (χ2n) is 10.5. The van der Waals surface area contributed by atoms with Crippen molar-refractivity contribution in [2.75, 3.05) is 0 Å². The van der Waals surface area contributed by atoms with Gasteiger partial charge >= 0.3 is 0 Å². The average Bonchev–Trinajstić information content (AvgIpc) is 2.69. The van der Waals surface area contributed by atoms with Crippen LogP contribution in [-0.2, 0) is 28.0 Å². The summed E-state index contributed by atoms with van der Waals surface area (Å²) in [5.41, 5.74) is 3.05. The fourth-order valence-corrected chi connectivity index (χ4v) is 3.54. The van der Waals surface area contributed by atoms with Gasteiger partial charge in [0.2, 0.25) is 11.8 Å². The average molecular weight is 457 g/mol. The molecular weight excluding hydrogens is 420 g/mol. The molecule has 1 atom stereocenters. The van der Waals surface area contributed by atoms with Crippen LogP contribution in [0.2, 0.25) is 5.02 Å². The maximum Gasteiger partial charge on any atom is 0.242 e. The lowest BCUT2D eigenvalue weighted by Gasteiger charge is -2.31. The first-order valence-electron chi connectivity index (χ1n) is 11.2. The van der Waals surface area contributed by atoms with E-state index in [0.29, 0.717) is 24.4 Å². The van der Waals surface area contributed by atoms with Gasteiger partial charge < -0.3 is 10.2 Å². The van der Waals surface area contributed by atoms with E-state index in [2.05, 4.69) is 50.4 Å². The molecule has 32 heavy (non-hydrogen) atoms. The molecule has 1 N–H and O–H groups in total. The summed E-state index contributed by atoms with van der Waals surface area (Å²) in [6.07, 6.45) is 0.976. The van der Waals surface area contributed by atoms with Gasteiger partial charge in [-0.3, -0.25) is 9.59 Å². The Morgan fingerprint density at radius 2 is 1.44 bits per heavy atom. The molecule has 1 unspecified atom stereocenters. The molecule has 0 radical (unpaired) electrons. The molecule has 2 rings (SSSR count). The van der Waals surface area contributed by atoms with Crippen molar-refractivity contribution in [3.63, 3.8) is 0 Å². The van der Waals surface area contributed by atoms with Crippen LogP contribution in [0.1, 0.15) is 71.6 Å². The van der Waals surface area contributed by atoms with Crippen molar-refractivity contribution >= 4 is 23.4 Å². The molecule has 0 bridgehead atoms. The second kappa shape index (κ2) is 10.5. The molecule has 2 aromatic carbocycles. The van der Waals surface area contributed by atoms with Crippen molar-refractivity contribution < 1.29 is 9.59 Å². The van der Waals surface area contributed by atoms with Crippen molar-refractivity contribution in [2.24, 2.45) is 0 Å². The Balaban J connectivity index is 2.15. The maximum absolute atomic E-state index is 13.2. The van der Waals surface area contributed by atoms with Crippen LogP contribution in [0.4, 0.5) is 0 Å². The number of rotatable bonds is 7. The first-order chi connectivity index (χ1) is 14.8. The SMILES string of the molecule is CC(C(=O)NC(C)(C)C)N(Cc1ccc(Cl)cc1)C(=O)CCc1ccc(C(C)(C)C)cc1. The summed E-state index contributed by atoms with van der Waals surface area (Å²) in [5.74, 6) is -0.203. The lowest BCUT2D eigenvalue weighted by Crippen LogP contribution is -2.52. The topological polar surface area (TPSA) is 49.4 Å². The van der Waals surface area contributed by atoms with Gasteiger partial charge in [-0.25, -0.2) is 0 Å². The van der Waals surface area contributed by atoms with Crippen molar-refractivity contribution in [1.29, 1.82) is 0 Å². The van der Waals surface area contributed by atoms with Crippen molar-refractivity contribution in [3.8, 4) is 0 Å². The number of halogens is 1. The smallest absolute Gasteiger partial charge is 0.242 e. The van der Waals surface area contributed by atoms with Crippen molar-refractivity contribution in [3.05, 3.63) is 70.2 Å². The summed E-state index contributed by atoms with van der Waals surface area (Å²) in [4.78, 5) is 27.7. The minimum Gasteiger partial charge on any atom is -0.350 e. The van der Waals surface area contributed by atoms with E-state index in [1.807, 2.05) is 32.9 Å². The van der Waals surface area contributed by atoms with Crippen LogP contribution in [0.25, 0.3) is 0 Å². The summed E-state index contributed by atoms with van der Waals surface area (Å²) in [7, 11) is 0. The molecule has 4 nitrogen and oxygen atoms in total. The van der Waals surface area contributed by atoms with Gasteiger partial charge in [-0.2, -0.15) is 0 Å². The van der Waals surface area contributed by atoms with Crippen LogP contribution in [0, 0.1) is 0 Å². The van der Waals surface area contributed by atoms with Gasteiger partial charge in [0, 0.05) is 23.5 Å². The predicted molar refractivity (Wildman–Crippen MR) is 133 cm³/mol. The normalized spacial score (nSPS) is 12.9. The second-order valence-corrected chi connectivity index (χ2v) is 10.9. The minimum atomic E-state index is -0.583. The molecule has 2 amide bonds. The minimum absolute atomic E-state index is 0.0450. The van der Waals surface area contributed by atoms with E-state index in [-0.39, 0.29) is 22.8 Å². The Morgan fingerprint density at radius 1 is 0.906 bits per heavy atom. The predicted octanol–water partition coefficient (Wildman–Crippen LogP) is 5.90. The first kappa shape index (κ1) is 25.9. The summed E-state index contributed by atoms with van der Waals surface area (Å²) in [5, 5.41) is 3.63. The highest BCUT2D eigenvalue weighted by molar-refractivity contribution is 6.30. The van der Waals surface area contributed by atoms with Gasteiger partial charge in [0.05, 0.1) is 0 Å². The molecule has 0 spiro atoms. The van der Waals surface area contributed by atoms with E-state index in [9.17, 15) is 9.59 Å². The number of carbonyl (C=O) groups is 2. The van der Waals surface area contributed by atoms with Crippen LogP contribution in [-0.4, -0.2) is 28.3 Å². The first-order valence-corrected chi connectivity index (χ1v) is 11.6. The van der Waals surface area contributed by atoms with Gasteiger partial charge in [0.25, 0.3) is 0 Å². The van der Waals surface area contributed by atoms with Crippen LogP contribution in [0.5, 0.6) is 0 Å². The molecule has 2 aromatic rings. The Morgan fingerprint density at radius 3 is 1.94 bits per heavy atom. The molecule has 0 fully saturated rings. The molecule has 0 aromatic heterocycles. The lowest BCUT2D eigenvalue weighted by molar-refractivity contribution is -0.141. The Labute approximate surface area is 198 Å².